The highest BCUT2D eigenvalue weighted by Gasteiger charge is 2.26. The second-order valence-corrected chi connectivity index (χ2v) is 5.89. The van der Waals surface area contributed by atoms with Crippen molar-refractivity contribution in [1.29, 1.82) is 0 Å². The molecule has 0 aliphatic carbocycles. The van der Waals surface area contributed by atoms with Crippen LogP contribution in [0.15, 0.2) is 21.3 Å². The Morgan fingerprint density at radius 2 is 2.00 bits per heavy atom. The second-order valence-electron chi connectivity index (χ2n) is 5.89. The van der Waals surface area contributed by atoms with Crippen LogP contribution in [0.25, 0.3) is 11.0 Å². The summed E-state index contributed by atoms with van der Waals surface area (Å²) >= 11 is 0. The van der Waals surface area contributed by atoms with Crippen molar-refractivity contribution >= 4 is 16.7 Å². The van der Waals surface area contributed by atoms with E-state index in [-0.39, 0.29) is 5.63 Å². The van der Waals surface area contributed by atoms with E-state index in [2.05, 4.69) is 11.0 Å². The summed E-state index contributed by atoms with van der Waals surface area (Å²) in [5.74, 6) is 0. The lowest BCUT2D eigenvalue weighted by atomic mass is 9.90. The monoisotopic (exact) mass is 269 g/mol. The third-order valence-corrected chi connectivity index (χ3v) is 4.67. The van der Waals surface area contributed by atoms with E-state index in [9.17, 15) is 4.79 Å². The Morgan fingerprint density at radius 1 is 1.20 bits per heavy atom. The molecule has 4 rings (SSSR count). The second kappa shape index (κ2) is 4.37. The zero-order valence-corrected chi connectivity index (χ0v) is 11.9. The number of benzene rings is 1. The highest BCUT2D eigenvalue weighted by Crippen LogP contribution is 2.39. The molecule has 3 heteroatoms. The lowest BCUT2D eigenvalue weighted by Crippen LogP contribution is -2.34. The van der Waals surface area contributed by atoms with Crippen molar-refractivity contribution in [3.63, 3.8) is 0 Å². The zero-order valence-electron chi connectivity index (χ0n) is 11.9. The van der Waals surface area contributed by atoms with Gasteiger partial charge in [0.2, 0.25) is 0 Å². The molecule has 0 fully saturated rings. The largest absolute Gasteiger partial charge is 0.422 e. The van der Waals surface area contributed by atoms with Crippen LogP contribution in [0.2, 0.25) is 0 Å². The number of rotatable bonds is 1. The molecule has 2 aliphatic rings. The highest BCUT2D eigenvalue weighted by atomic mass is 16.4. The standard InChI is InChI=1S/C17H19NO2/c1-2-11-9-13-10-12-5-3-7-18-8-4-6-14(15(12)18)16(13)20-17(11)19/h9-10H,2-8H2,1H3. The molecular formula is C17H19NO2. The van der Waals surface area contributed by atoms with Gasteiger partial charge in [0.05, 0.1) is 0 Å². The fraction of sp³-hybridized carbons (Fsp3) is 0.471. The van der Waals surface area contributed by atoms with Crippen LogP contribution in [-0.2, 0) is 19.3 Å². The molecular weight excluding hydrogens is 250 g/mol. The topological polar surface area (TPSA) is 33.5 Å². The molecule has 3 heterocycles. The average Bonchev–Trinajstić information content (AvgIpc) is 2.48. The van der Waals surface area contributed by atoms with Crippen LogP contribution in [0, 0.1) is 0 Å². The van der Waals surface area contributed by atoms with Gasteiger partial charge in [-0.2, -0.15) is 0 Å². The Labute approximate surface area is 118 Å². The molecule has 1 aromatic heterocycles. The van der Waals surface area contributed by atoms with Crippen LogP contribution < -0.4 is 10.5 Å². The number of anilines is 1. The maximum Gasteiger partial charge on any atom is 0.339 e. The summed E-state index contributed by atoms with van der Waals surface area (Å²) in [6.07, 6.45) is 5.30. The Balaban J connectivity index is 2.07. The van der Waals surface area contributed by atoms with Crippen molar-refractivity contribution in [2.45, 2.75) is 39.0 Å². The quantitative estimate of drug-likeness (QED) is 0.746. The summed E-state index contributed by atoms with van der Waals surface area (Å²) in [5.41, 5.74) is 5.52. The van der Waals surface area contributed by atoms with Crippen molar-refractivity contribution < 1.29 is 4.42 Å². The summed E-state index contributed by atoms with van der Waals surface area (Å²) < 4.78 is 5.67. The van der Waals surface area contributed by atoms with Gasteiger partial charge in [-0.25, -0.2) is 4.79 Å². The van der Waals surface area contributed by atoms with Crippen LogP contribution in [0.4, 0.5) is 5.69 Å². The van der Waals surface area contributed by atoms with E-state index in [1.165, 1.54) is 23.2 Å². The molecule has 104 valence electrons. The lowest BCUT2D eigenvalue weighted by molar-refractivity contribution is 0.541. The SMILES string of the molecule is CCc1cc2cc3c4c(c2oc1=O)CCCN4CCC3. The van der Waals surface area contributed by atoms with Crippen molar-refractivity contribution in [3.05, 3.63) is 39.2 Å². The summed E-state index contributed by atoms with van der Waals surface area (Å²) in [5, 5.41) is 1.11. The smallest absolute Gasteiger partial charge is 0.339 e. The number of fused-ring (bicyclic) bond motifs is 2. The van der Waals surface area contributed by atoms with E-state index in [4.69, 9.17) is 4.42 Å². The van der Waals surface area contributed by atoms with Gasteiger partial charge in [-0.1, -0.05) is 6.92 Å². The molecule has 3 nitrogen and oxygen atoms in total. The first kappa shape index (κ1) is 12.0. The first-order chi connectivity index (χ1) is 9.78. The van der Waals surface area contributed by atoms with Gasteiger partial charge >= 0.3 is 5.63 Å². The van der Waals surface area contributed by atoms with Crippen LogP contribution in [0.5, 0.6) is 0 Å². The average molecular weight is 269 g/mol. The van der Waals surface area contributed by atoms with Gasteiger partial charge in [0.25, 0.3) is 0 Å². The Kier molecular flexibility index (Phi) is 2.62. The lowest BCUT2D eigenvalue weighted by Gasteiger charge is -2.37. The fourth-order valence-electron chi connectivity index (χ4n) is 3.74. The molecule has 0 spiro atoms. The van der Waals surface area contributed by atoms with Crippen molar-refractivity contribution in [2.24, 2.45) is 0 Å². The number of nitrogens with zero attached hydrogens (tertiary/aromatic N) is 1. The third-order valence-electron chi connectivity index (χ3n) is 4.67. The maximum absolute atomic E-state index is 12.0. The molecule has 1 aromatic carbocycles. The minimum Gasteiger partial charge on any atom is -0.422 e. The van der Waals surface area contributed by atoms with Crippen molar-refractivity contribution in [1.82, 2.24) is 0 Å². The minimum absolute atomic E-state index is 0.163. The van der Waals surface area contributed by atoms with Crippen molar-refractivity contribution in [2.75, 3.05) is 18.0 Å². The molecule has 0 atom stereocenters. The van der Waals surface area contributed by atoms with E-state index in [1.807, 2.05) is 13.0 Å². The highest BCUT2D eigenvalue weighted by molar-refractivity contribution is 5.88. The predicted molar refractivity (Wildman–Crippen MR) is 80.7 cm³/mol. The number of hydrogen-bond acceptors (Lipinski definition) is 3. The minimum atomic E-state index is -0.163. The molecule has 0 saturated heterocycles. The first-order valence-electron chi connectivity index (χ1n) is 7.64. The molecule has 0 N–H and O–H groups in total. The molecule has 0 saturated carbocycles. The number of aryl methyl sites for hydroxylation is 3. The summed E-state index contributed by atoms with van der Waals surface area (Å²) in [6, 6.07) is 4.28. The molecule has 2 aromatic rings. The van der Waals surface area contributed by atoms with Crippen LogP contribution in [0.1, 0.15) is 36.5 Å². The van der Waals surface area contributed by atoms with Gasteiger partial charge in [0, 0.05) is 35.3 Å². The zero-order chi connectivity index (χ0) is 13.7. The molecule has 0 amide bonds. The molecule has 0 unspecified atom stereocenters. The number of hydrogen-bond donors (Lipinski definition) is 0. The van der Waals surface area contributed by atoms with Crippen molar-refractivity contribution in [3.8, 4) is 0 Å². The van der Waals surface area contributed by atoms with Gasteiger partial charge in [-0.15, -0.1) is 0 Å². The third kappa shape index (κ3) is 1.62. The van der Waals surface area contributed by atoms with Crippen LogP contribution >= 0.6 is 0 Å². The normalized spacial score (nSPS) is 17.4. The predicted octanol–water partition coefficient (Wildman–Crippen LogP) is 3.05. The van der Waals surface area contributed by atoms with E-state index in [0.717, 1.165) is 55.3 Å². The van der Waals surface area contributed by atoms with Crippen LogP contribution in [0.3, 0.4) is 0 Å². The molecule has 2 aliphatic heterocycles. The van der Waals surface area contributed by atoms with Gasteiger partial charge in [0.1, 0.15) is 5.58 Å². The molecule has 0 radical (unpaired) electrons. The summed E-state index contributed by atoms with van der Waals surface area (Å²) in [7, 11) is 0. The van der Waals surface area contributed by atoms with Gasteiger partial charge in [-0.3, -0.25) is 0 Å². The maximum atomic E-state index is 12.0. The van der Waals surface area contributed by atoms with E-state index in [0.29, 0.717) is 0 Å². The molecule has 0 bridgehead atoms. The molecule has 20 heavy (non-hydrogen) atoms. The van der Waals surface area contributed by atoms with E-state index >= 15 is 0 Å². The van der Waals surface area contributed by atoms with Gasteiger partial charge in [0.15, 0.2) is 0 Å². The van der Waals surface area contributed by atoms with Gasteiger partial charge in [-0.05, 0) is 49.8 Å². The summed E-state index contributed by atoms with van der Waals surface area (Å²) in [4.78, 5) is 14.5. The van der Waals surface area contributed by atoms with Gasteiger partial charge < -0.3 is 9.32 Å². The van der Waals surface area contributed by atoms with Crippen LogP contribution in [-0.4, -0.2) is 13.1 Å². The van der Waals surface area contributed by atoms with E-state index in [1.54, 1.807) is 0 Å². The first-order valence-corrected chi connectivity index (χ1v) is 7.64. The fourth-order valence-corrected chi connectivity index (χ4v) is 3.74. The van der Waals surface area contributed by atoms with E-state index < -0.39 is 0 Å². The Hall–Kier alpha value is -1.77. The Bertz CT molecular complexity index is 743. The summed E-state index contributed by atoms with van der Waals surface area (Å²) in [6.45, 7) is 4.29. The Morgan fingerprint density at radius 3 is 2.80 bits per heavy atom.